The van der Waals surface area contributed by atoms with Gasteiger partial charge in [-0.05, 0) is 27.2 Å². The first-order valence-corrected chi connectivity index (χ1v) is 12.1. The molecule has 1 fully saturated rings. The number of aromatic nitrogens is 2. The zero-order valence-electron chi connectivity index (χ0n) is 16.9. The van der Waals surface area contributed by atoms with Crippen molar-refractivity contribution in [3.8, 4) is 0 Å². The largest absolute Gasteiger partial charge is 0.473 e. The van der Waals surface area contributed by atoms with Crippen molar-refractivity contribution in [2.45, 2.75) is 51.0 Å². The molecule has 1 heterocycles. The van der Waals surface area contributed by atoms with Crippen LogP contribution in [-0.2, 0) is 22.9 Å². The number of methoxy groups -OCH3 is 1. The van der Waals surface area contributed by atoms with Crippen LogP contribution in [0, 0.1) is 5.92 Å². The van der Waals surface area contributed by atoms with Crippen LogP contribution in [-0.4, -0.2) is 49.2 Å². The molecule has 0 aliphatic heterocycles. The summed E-state index contributed by atoms with van der Waals surface area (Å²) >= 11 is 0. The van der Waals surface area contributed by atoms with Crippen molar-refractivity contribution in [3.63, 3.8) is 0 Å². The molecular weight excluding hydrogens is 442 g/mol. The van der Waals surface area contributed by atoms with E-state index in [9.17, 15) is 23.6 Å². The number of phosphoric acid groups is 1. The van der Waals surface area contributed by atoms with E-state index < -0.39 is 56.4 Å². The van der Waals surface area contributed by atoms with Gasteiger partial charge in [0.15, 0.2) is 0 Å². The Hall–Kier alpha value is -1.36. The minimum atomic E-state index is -4.62. The predicted molar refractivity (Wildman–Crippen MR) is 106 cm³/mol. The zero-order chi connectivity index (χ0) is 22.9. The highest BCUT2D eigenvalue weighted by Gasteiger charge is 2.49. The number of hydrogen-bond acceptors (Lipinski definition) is 7. The number of aromatic amines is 1. The highest BCUT2D eigenvalue weighted by Crippen LogP contribution is 2.53. The third-order valence-electron chi connectivity index (χ3n) is 4.29. The highest BCUT2D eigenvalue weighted by molar-refractivity contribution is 7.55. The molecule has 14 heteroatoms. The Bertz CT molecular complexity index is 989. The normalized spacial score (nSPS) is 27.4. The maximum atomic E-state index is 12.6. The highest BCUT2D eigenvalue weighted by atomic mass is 31.2. The van der Waals surface area contributed by atoms with Crippen LogP contribution >= 0.6 is 15.4 Å². The molecule has 1 aliphatic carbocycles. The second kappa shape index (κ2) is 9.02. The van der Waals surface area contributed by atoms with Crippen molar-refractivity contribution in [1.29, 1.82) is 0 Å². The van der Waals surface area contributed by atoms with Gasteiger partial charge in [-0.3, -0.25) is 28.0 Å². The molecule has 0 saturated heterocycles. The molecule has 1 aromatic heterocycles. The molecule has 1 aromatic rings. The van der Waals surface area contributed by atoms with E-state index in [0.717, 1.165) is 10.6 Å². The van der Waals surface area contributed by atoms with E-state index in [1.807, 2.05) is 0 Å². The van der Waals surface area contributed by atoms with Gasteiger partial charge in [-0.1, -0.05) is 6.08 Å². The maximum absolute atomic E-state index is 12.6. The summed E-state index contributed by atoms with van der Waals surface area (Å²) in [7, 11) is -7.80. The van der Waals surface area contributed by atoms with Gasteiger partial charge in [0, 0.05) is 31.1 Å². The summed E-state index contributed by atoms with van der Waals surface area (Å²) in [6.07, 6.45) is 0.344. The fraction of sp³-hybridized carbons (Fsp3) is 0.625. The topological polar surface area (TPSA) is 177 Å². The molecule has 12 nitrogen and oxygen atoms in total. The summed E-state index contributed by atoms with van der Waals surface area (Å²) < 4.78 is 40.8. The van der Waals surface area contributed by atoms with Crippen molar-refractivity contribution < 1.29 is 37.6 Å². The second-order valence-electron chi connectivity index (χ2n) is 7.86. The van der Waals surface area contributed by atoms with E-state index in [1.165, 1.54) is 19.4 Å². The summed E-state index contributed by atoms with van der Waals surface area (Å²) in [5.74, 6) is 0.0225. The first-order chi connectivity index (χ1) is 13.6. The van der Waals surface area contributed by atoms with Crippen LogP contribution in [0.2, 0.25) is 0 Å². The molecule has 0 amide bonds. The molecule has 0 bridgehead atoms. The second-order valence-corrected chi connectivity index (χ2v) is 10.7. The van der Waals surface area contributed by atoms with Gasteiger partial charge in [0.2, 0.25) is 0 Å². The van der Waals surface area contributed by atoms with Crippen LogP contribution in [0.4, 0.5) is 0 Å². The van der Waals surface area contributed by atoms with E-state index in [4.69, 9.17) is 23.6 Å². The van der Waals surface area contributed by atoms with Crippen LogP contribution in [0.15, 0.2) is 33.7 Å². The van der Waals surface area contributed by atoms with Crippen molar-refractivity contribution in [2.24, 2.45) is 5.92 Å². The van der Waals surface area contributed by atoms with E-state index in [-0.39, 0.29) is 6.42 Å². The molecule has 0 spiro atoms. The monoisotopic (exact) mass is 468 g/mol. The van der Waals surface area contributed by atoms with Gasteiger partial charge >= 0.3 is 21.1 Å². The predicted octanol–water partition coefficient (Wildman–Crippen LogP) is 1.10. The molecule has 1 saturated carbocycles. The van der Waals surface area contributed by atoms with Gasteiger partial charge in [0.05, 0.1) is 17.7 Å². The number of nitrogens with zero attached hydrogens (tertiary/aromatic N) is 1. The maximum Gasteiger partial charge on any atom is 0.473 e. The molecule has 0 aromatic carbocycles. The summed E-state index contributed by atoms with van der Waals surface area (Å²) in [4.78, 5) is 54.2. The van der Waals surface area contributed by atoms with Gasteiger partial charge in [0.1, 0.15) is 6.10 Å². The van der Waals surface area contributed by atoms with Crippen LogP contribution in [0.1, 0.15) is 33.2 Å². The lowest BCUT2D eigenvalue weighted by atomic mass is 10.1. The Morgan fingerprint density at radius 1 is 1.20 bits per heavy atom. The number of phosphoric ester groups is 1. The Labute approximate surface area is 172 Å². The van der Waals surface area contributed by atoms with Crippen molar-refractivity contribution >= 4 is 15.4 Å². The summed E-state index contributed by atoms with van der Waals surface area (Å²) in [6.45, 7) is 4.66. The van der Waals surface area contributed by atoms with Crippen LogP contribution in [0.3, 0.4) is 0 Å². The fourth-order valence-electron chi connectivity index (χ4n) is 3.34. The minimum absolute atomic E-state index is 0.0706. The molecule has 2 rings (SSSR count). The smallest absolute Gasteiger partial charge is 0.378 e. The number of hydrogen-bond donors (Lipinski definition) is 4. The molecular formula is C16H26N2O10P2. The average molecular weight is 468 g/mol. The first kappa shape index (κ1) is 24.9. The van der Waals surface area contributed by atoms with Gasteiger partial charge in [-0.15, -0.1) is 0 Å². The third kappa shape index (κ3) is 6.83. The molecule has 1 aliphatic rings. The average Bonchev–Trinajstić information content (AvgIpc) is 2.86. The molecule has 4 N–H and O–H groups in total. The summed E-state index contributed by atoms with van der Waals surface area (Å²) in [5.41, 5.74) is -2.42. The van der Waals surface area contributed by atoms with Crippen molar-refractivity contribution in [1.82, 2.24) is 9.55 Å². The van der Waals surface area contributed by atoms with Crippen LogP contribution < -0.4 is 11.2 Å². The van der Waals surface area contributed by atoms with E-state index >= 15 is 0 Å². The zero-order valence-corrected chi connectivity index (χ0v) is 18.7. The number of H-pyrrole nitrogens is 1. The quantitative estimate of drug-likeness (QED) is 0.424. The van der Waals surface area contributed by atoms with E-state index in [2.05, 4.69) is 4.98 Å². The summed E-state index contributed by atoms with van der Waals surface area (Å²) in [5, 5.41) is 0. The Morgan fingerprint density at radius 2 is 1.83 bits per heavy atom. The Morgan fingerprint density at radius 3 is 2.33 bits per heavy atom. The van der Waals surface area contributed by atoms with Gasteiger partial charge in [-0.25, -0.2) is 9.36 Å². The lowest BCUT2D eigenvalue weighted by Gasteiger charge is -2.30. The Kier molecular flexibility index (Phi) is 7.49. The van der Waals surface area contributed by atoms with Crippen LogP contribution in [0.5, 0.6) is 0 Å². The third-order valence-corrected chi connectivity index (χ3v) is 6.14. The molecule has 0 radical (unpaired) electrons. The van der Waals surface area contributed by atoms with E-state index in [1.54, 1.807) is 20.8 Å². The SMILES string of the molecule is CO[C@H]1[C@@H](OP(=O)(O)OC(C)(C)C)[C@H](n2ccc(=O)[nH]c2=O)C[C@@H]1/C=C/P(=O)(O)O. The molecule has 170 valence electrons. The number of ether oxygens (including phenoxy) is 1. The lowest BCUT2D eigenvalue weighted by Crippen LogP contribution is -2.39. The standard InChI is InChI=1S/C16H26N2O10P2/c1-16(2,3)28-30(24,25)27-14-11(18-7-5-12(19)17-15(18)20)9-10(13(14)26-4)6-8-29(21,22)23/h5-8,10-11,13-14H,9H2,1-4H3,(H,24,25)(H,17,19,20)(H2,21,22,23)/b8-6+/t10-,11+,13+,14-/m0/s1. The molecule has 30 heavy (non-hydrogen) atoms. The van der Waals surface area contributed by atoms with E-state index in [0.29, 0.717) is 5.82 Å². The first-order valence-electron chi connectivity index (χ1n) is 8.93. The molecule has 1 unspecified atom stereocenters. The van der Waals surface area contributed by atoms with Crippen molar-refractivity contribution in [3.05, 3.63) is 45.0 Å². The van der Waals surface area contributed by atoms with Gasteiger partial charge < -0.3 is 19.4 Å². The number of rotatable bonds is 7. The molecule has 5 atom stereocenters. The van der Waals surface area contributed by atoms with Gasteiger partial charge in [0.25, 0.3) is 5.56 Å². The fourth-order valence-corrected chi connectivity index (χ4v) is 5.09. The number of nitrogens with one attached hydrogen (secondary N) is 1. The Balaban J connectivity index is 2.48. The minimum Gasteiger partial charge on any atom is -0.378 e. The van der Waals surface area contributed by atoms with Crippen LogP contribution in [0.25, 0.3) is 0 Å². The summed E-state index contributed by atoms with van der Waals surface area (Å²) in [6, 6.07) is 0.207. The van der Waals surface area contributed by atoms with Crippen molar-refractivity contribution in [2.75, 3.05) is 7.11 Å². The van der Waals surface area contributed by atoms with Gasteiger partial charge in [-0.2, -0.15) is 0 Å². The lowest BCUT2D eigenvalue weighted by molar-refractivity contribution is -0.0326.